The van der Waals surface area contributed by atoms with Crippen molar-refractivity contribution >= 4 is 23.5 Å². The van der Waals surface area contributed by atoms with Crippen LogP contribution in [0, 0.1) is 0 Å². The van der Waals surface area contributed by atoms with Crippen LogP contribution in [0.2, 0.25) is 0 Å². The quantitative estimate of drug-likeness (QED) is 0.828. The number of pyridine rings is 1. The Hall–Kier alpha value is -2.87. The lowest BCUT2D eigenvalue weighted by Gasteiger charge is -2.29. The number of aromatic nitrogens is 1. The maximum atomic E-state index is 12.6. The Morgan fingerprint density at radius 1 is 1.15 bits per heavy atom. The van der Waals surface area contributed by atoms with Crippen molar-refractivity contribution in [3.8, 4) is 0 Å². The number of nitrogens with one attached hydrogen (secondary N) is 1. The second kappa shape index (κ2) is 8.22. The summed E-state index contributed by atoms with van der Waals surface area (Å²) in [6, 6.07) is 8.07. The Bertz CT molecular complexity index is 814. The Kier molecular flexibility index (Phi) is 5.75. The molecule has 27 heavy (non-hydrogen) atoms. The van der Waals surface area contributed by atoms with Gasteiger partial charge in [-0.2, -0.15) is 13.2 Å². The Balaban J connectivity index is 1.66. The first kappa shape index (κ1) is 18.9. The maximum absolute atomic E-state index is 12.6. The second-order valence-corrected chi connectivity index (χ2v) is 5.92. The topological polar surface area (TPSA) is 54.5 Å². The van der Waals surface area contributed by atoms with Crippen LogP contribution in [0.25, 0.3) is 6.08 Å². The number of hydrogen-bond donors (Lipinski definition) is 1. The van der Waals surface area contributed by atoms with Crippen molar-refractivity contribution in [1.29, 1.82) is 0 Å². The monoisotopic (exact) mass is 377 g/mol. The number of anilines is 2. The number of nitrogens with zero attached hydrogens (tertiary/aromatic N) is 2. The molecule has 3 rings (SSSR count). The largest absolute Gasteiger partial charge is 0.416 e. The fraction of sp³-hybridized carbons (Fsp3) is 0.263. The molecule has 8 heteroatoms. The number of halogens is 3. The van der Waals surface area contributed by atoms with Crippen molar-refractivity contribution in [3.63, 3.8) is 0 Å². The fourth-order valence-electron chi connectivity index (χ4n) is 2.65. The third kappa shape index (κ3) is 5.07. The number of hydrogen-bond acceptors (Lipinski definition) is 4. The highest BCUT2D eigenvalue weighted by molar-refractivity contribution is 6.03. The van der Waals surface area contributed by atoms with Crippen LogP contribution in [-0.2, 0) is 15.7 Å². The van der Waals surface area contributed by atoms with Gasteiger partial charge in [-0.05, 0) is 35.9 Å². The molecule has 1 aliphatic rings. The number of morpholine rings is 1. The molecule has 0 unspecified atom stereocenters. The highest BCUT2D eigenvalue weighted by atomic mass is 19.4. The number of alkyl halides is 3. The molecule has 0 spiro atoms. The molecule has 2 heterocycles. The number of ether oxygens (including phenoxy) is 1. The van der Waals surface area contributed by atoms with Gasteiger partial charge in [-0.1, -0.05) is 12.1 Å². The van der Waals surface area contributed by atoms with Crippen LogP contribution in [-0.4, -0.2) is 37.2 Å². The zero-order valence-corrected chi connectivity index (χ0v) is 14.4. The summed E-state index contributed by atoms with van der Waals surface area (Å²) in [7, 11) is 0. The molecule has 1 amide bonds. The molecule has 1 aliphatic heterocycles. The SMILES string of the molecule is O=C(C=Cc1ccc(C(F)(F)F)cc1)Nc1cccnc1N1CCOCC1. The van der Waals surface area contributed by atoms with E-state index in [1.54, 1.807) is 18.3 Å². The fourth-order valence-corrected chi connectivity index (χ4v) is 2.65. The van der Waals surface area contributed by atoms with Gasteiger partial charge in [0.15, 0.2) is 5.82 Å². The number of carbonyl (C=O) groups excluding carboxylic acids is 1. The average Bonchev–Trinajstić information content (AvgIpc) is 2.67. The van der Waals surface area contributed by atoms with E-state index in [0.29, 0.717) is 43.4 Å². The molecule has 5 nitrogen and oxygen atoms in total. The van der Waals surface area contributed by atoms with E-state index in [2.05, 4.69) is 10.3 Å². The number of rotatable bonds is 4. The lowest BCUT2D eigenvalue weighted by molar-refractivity contribution is -0.137. The van der Waals surface area contributed by atoms with E-state index in [4.69, 9.17) is 4.74 Å². The molecule has 0 atom stereocenters. The minimum Gasteiger partial charge on any atom is -0.378 e. The van der Waals surface area contributed by atoms with Gasteiger partial charge < -0.3 is 15.0 Å². The minimum absolute atomic E-state index is 0.391. The van der Waals surface area contributed by atoms with E-state index in [0.717, 1.165) is 12.1 Å². The Labute approximate surface area is 154 Å². The van der Waals surface area contributed by atoms with E-state index in [1.807, 2.05) is 4.90 Å². The molecule has 0 bridgehead atoms. The van der Waals surface area contributed by atoms with E-state index in [9.17, 15) is 18.0 Å². The number of amides is 1. The third-order valence-corrected chi connectivity index (χ3v) is 4.02. The molecule has 1 aromatic heterocycles. The first-order valence-electron chi connectivity index (χ1n) is 8.37. The Morgan fingerprint density at radius 3 is 2.52 bits per heavy atom. The first-order chi connectivity index (χ1) is 12.9. The predicted octanol–water partition coefficient (Wildman–Crippen LogP) is 3.59. The van der Waals surface area contributed by atoms with Crippen molar-refractivity contribution < 1.29 is 22.7 Å². The van der Waals surface area contributed by atoms with Gasteiger partial charge in [-0.25, -0.2) is 4.98 Å². The first-order valence-corrected chi connectivity index (χ1v) is 8.37. The smallest absolute Gasteiger partial charge is 0.378 e. The van der Waals surface area contributed by atoms with Crippen LogP contribution in [0.1, 0.15) is 11.1 Å². The summed E-state index contributed by atoms with van der Waals surface area (Å²) in [5, 5.41) is 2.76. The van der Waals surface area contributed by atoms with Crippen molar-refractivity contribution in [2.24, 2.45) is 0 Å². The zero-order valence-electron chi connectivity index (χ0n) is 14.4. The highest BCUT2D eigenvalue weighted by Gasteiger charge is 2.29. The van der Waals surface area contributed by atoms with Crippen molar-refractivity contribution in [2.75, 3.05) is 36.5 Å². The summed E-state index contributed by atoms with van der Waals surface area (Å²) < 4.78 is 43.0. The lowest BCUT2D eigenvalue weighted by atomic mass is 10.1. The molecule has 1 N–H and O–H groups in total. The normalized spacial score (nSPS) is 15.1. The summed E-state index contributed by atoms with van der Waals surface area (Å²) in [6.45, 7) is 2.55. The Morgan fingerprint density at radius 2 is 1.85 bits per heavy atom. The zero-order chi connectivity index (χ0) is 19.3. The van der Waals surface area contributed by atoms with Gasteiger partial charge in [0.05, 0.1) is 24.5 Å². The number of carbonyl (C=O) groups is 1. The summed E-state index contributed by atoms with van der Waals surface area (Å²) in [6.07, 6.45) is 0.00721. The molecule has 142 valence electrons. The van der Waals surface area contributed by atoms with Gasteiger partial charge in [0.25, 0.3) is 0 Å². The van der Waals surface area contributed by atoms with Crippen LogP contribution in [0.15, 0.2) is 48.7 Å². The van der Waals surface area contributed by atoms with Gasteiger partial charge in [0.2, 0.25) is 5.91 Å². The van der Waals surface area contributed by atoms with Gasteiger partial charge in [0.1, 0.15) is 0 Å². The molecule has 1 fully saturated rings. The van der Waals surface area contributed by atoms with E-state index in [-0.39, 0.29) is 0 Å². The lowest BCUT2D eigenvalue weighted by Crippen LogP contribution is -2.37. The van der Waals surface area contributed by atoms with Gasteiger partial charge >= 0.3 is 6.18 Å². The number of benzene rings is 1. The highest BCUT2D eigenvalue weighted by Crippen LogP contribution is 2.29. The summed E-state index contributed by atoms with van der Waals surface area (Å²) in [5.74, 6) is 0.273. The predicted molar refractivity (Wildman–Crippen MR) is 96.4 cm³/mol. The standard InChI is InChI=1S/C19H18F3N3O2/c20-19(21,22)15-6-3-14(4-7-15)5-8-17(26)24-16-2-1-9-23-18(16)25-10-12-27-13-11-25/h1-9H,10-13H2,(H,24,26). The molecule has 0 saturated carbocycles. The average molecular weight is 377 g/mol. The van der Waals surface area contributed by atoms with Gasteiger partial charge in [-0.15, -0.1) is 0 Å². The maximum Gasteiger partial charge on any atom is 0.416 e. The van der Waals surface area contributed by atoms with Crippen LogP contribution in [0.3, 0.4) is 0 Å². The van der Waals surface area contributed by atoms with Crippen molar-refractivity contribution in [3.05, 3.63) is 59.8 Å². The molecule has 1 saturated heterocycles. The summed E-state index contributed by atoms with van der Waals surface area (Å²) >= 11 is 0. The van der Waals surface area contributed by atoms with Crippen molar-refractivity contribution in [1.82, 2.24) is 4.98 Å². The summed E-state index contributed by atoms with van der Waals surface area (Å²) in [5.41, 5.74) is 0.342. The molecule has 2 aromatic rings. The molecule has 1 aromatic carbocycles. The second-order valence-electron chi connectivity index (χ2n) is 5.92. The van der Waals surface area contributed by atoms with Crippen LogP contribution >= 0.6 is 0 Å². The van der Waals surface area contributed by atoms with Gasteiger partial charge in [0, 0.05) is 25.4 Å². The van der Waals surface area contributed by atoms with Crippen LogP contribution in [0.4, 0.5) is 24.7 Å². The van der Waals surface area contributed by atoms with Gasteiger partial charge in [-0.3, -0.25) is 4.79 Å². The van der Waals surface area contributed by atoms with E-state index >= 15 is 0 Å². The molecule has 0 aliphatic carbocycles. The van der Waals surface area contributed by atoms with Crippen LogP contribution in [0.5, 0.6) is 0 Å². The van der Waals surface area contributed by atoms with Crippen molar-refractivity contribution in [2.45, 2.75) is 6.18 Å². The third-order valence-electron chi connectivity index (χ3n) is 4.02. The van der Waals surface area contributed by atoms with E-state index < -0.39 is 17.6 Å². The molecular weight excluding hydrogens is 359 g/mol. The van der Waals surface area contributed by atoms with E-state index in [1.165, 1.54) is 24.3 Å². The minimum atomic E-state index is -4.38. The molecular formula is C19H18F3N3O2. The molecule has 0 radical (unpaired) electrons. The van der Waals surface area contributed by atoms with Crippen LogP contribution < -0.4 is 10.2 Å². The summed E-state index contributed by atoms with van der Waals surface area (Å²) in [4.78, 5) is 18.6.